The SMILES string of the molecule is CCCS(=O)(=O)Nc1ccc(F)c(C(=O)c2c[nH]c3ncc(C(=O)OCC)cc23)c1F. The van der Waals surface area contributed by atoms with Crippen molar-refractivity contribution in [3.63, 3.8) is 0 Å². The molecule has 0 unspecified atom stereocenters. The predicted molar refractivity (Wildman–Crippen MR) is 110 cm³/mol. The van der Waals surface area contributed by atoms with E-state index in [1.807, 2.05) is 4.72 Å². The average Bonchev–Trinajstić information content (AvgIpc) is 3.13. The number of hydrogen-bond donors (Lipinski definition) is 2. The molecule has 1 aromatic carbocycles. The third-order valence-corrected chi connectivity index (χ3v) is 5.82. The number of esters is 1. The molecule has 31 heavy (non-hydrogen) atoms. The molecule has 8 nitrogen and oxygen atoms in total. The van der Waals surface area contributed by atoms with Gasteiger partial charge in [0.25, 0.3) is 0 Å². The smallest absolute Gasteiger partial charge is 0.339 e. The number of fused-ring (bicyclic) bond motifs is 1. The number of rotatable bonds is 8. The maximum Gasteiger partial charge on any atom is 0.339 e. The molecular formula is C20H19F2N3O5S. The van der Waals surface area contributed by atoms with E-state index in [2.05, 4.69) is 9.97 Å². The van der Waals surface area contributed by atoms with Gasteiger partial charge < -0.3 is 9.72 Å². The Hall–Kier alpha value is -3.34. The fraction of sp³-hybridized carbons (Fsp3) is 0.250. The van der Waals surface area contributed by atoms with Crippen molar-refractivity contribution in [2.24, 2.45) is 0 Å². The van der Waals surface area contributed by atoms with E-state index in [0.29, 0.717) is 0 Å². The van der Waals surface area contributed by atoms with E-state index in [-0.39, 0.29) is 40.9 Å². The fourth-order valence-electron chi connectivity index (χ4n) is 2.98. The predicted octanol–water partition coefficient (Wildman–Crippen LogP) is 3.40. The van der Waals surface area contributed by atoms with Crippen LogP contribution in [0.4, 0.5) is 14.5 Å². The van der Waals surface area contributed by atoms with Gasteiger partial charge in [-0.3, -0.25) is 9.52 Å². The maximum absolute atomic E-state index is 15.0. The van der Waals surface area contributed by atoms with Crippen LogP contribution < -0.4 is 4.72 Å². The third-order valence-electron chi connectivity index (χ3n) is 4.34. The molecule has 0 spiro atoms. The Morgan fingerprint density at radius 3 is 2.65 bits per heavy atom. The van der Waals surface area contributed by atoms with Gasteiger partial charge in [-0.15, -0.1) is 0 Å². The molecule has 3 rings (SSSR count). The standard InChI is InChI=1S/C20H19F2N3O5S/c1-3-7-31(28,29)25-15-6-5-14(21)16(17(15)22)18(26)13-10-24-19-12(13)8-11(9-23-19)20(27)30-4-2/h5-6,8-10,25H,3-4,7H2,1-2H3,(H,23,24). The highest BCUT2D eigenvalue weighted by atomic mass is 32.2. The van der Waals surface area contributed by atoms with Gasteiger partial charge in [0.15, 0.2) is 5.82 Å². The second-order valence-electron chi connectivity index (χ2n) is 6.58. The number of carbonyl (C=O) groups is 2. The van der Waals surface area contributed by atoms with Crippen LogP contribution in [-0.4, -0.2) is 42.5 Å². The van der Waals surface area contributed by atoms with E-state index in [1.54, 1.807) is 13.8 Å². The summed E-state index contributed by atoms with van der Waals surface area (Å²) in [7, 11) is -3.86. The number of anilines is 1. The first kappa shape index (κ1) is 22.3. The summed E-state index contributed by atoms with van der Waals surface area (Å²) >= 11 is 0. The van der Waals surface area contributed by atoms with Crippen LogP contribution in [0.1, 0.15) is 46.5 Å². The van der Waals surface area contributed by atoms with Gasteiger partial charge in [0, 0.05) is 23.3 Å². The Kier molecular flexibility index (Phi) is 6.34. The van der Waals surface area contributed by atoms with Gasteiger partial charge in [0.1, 0.15) is 11.5 Å². The molecule has 3 aromatic rings. The summed E-state index contributed by atoms with van der Waals surface area (Å²) in [5.41, 5.74) is -1.33. The number of ketones is 1. The van der Waals surface area contributed by atoms with Gasteiger partial charge in [0.2, 0.25) is 15.8 Å². The number of sulfonamides is 1. The molecule has 0 saturated carbocycles. The van der Waals surface area contributed by atoms with Crippen molar-refractivity contribution in [1.29, 1.82) is 0 Å². The minimum absolute atomic E-state index is 0.0602. The van der Waals surface area contributed by atoms with Gasteiger partial charge >= 0.3 is 5.97 Å². The van der Waals surface area contributed by atoms with Crippen LogP contribution in [0.5, 0.6) is 0 Å². The van der Waals surface area contributed by atoms with Crippen LogP contribution >= 0.6 is 0 Å². The van der Waals surface area contributed by atoms with Crippen LogP contribution in [0.3, 0.4) is 0 Å². The molecule has 0 bridgehead atoms. The fourth-order valence-corrected chi connectivity index (χ4v) is 4.11. The van der Waals surface area contributed by atoms with Crippen molar-refractivity contribution < 1.29 is 31.5 Å². The van der Waals surface area contributed by atoms with Crippen molar-refractivity contribution >= 4 is 38.5 Å². The summed E-state index contributed by atoms with van der Waals surface area (Å²) in [5, 5.41) is 0.159. The number of ether oxygens (including phenoxy) is 1. The summed E-state index contributed by atoms with van der Waals surface area (Å²) in [6.45, 7) is 3.39. The lowest BCUT2D eigenvalue weighted by atomic mass is 10.0. The van der Waals surface area contributed by atoms with Gasteiger partial charge in [-0.2, -0.15) is 0 Å². The first-order valence-electron chi connectivity index (χ1n) is 9.36. The lowest BCUT2D eigenvalue weighted by molar-refractivity contribution is 0.0526. The van der Waals surface area contributed by atoms with E-state index in [4.69, 9.17) is 4.74 Å². The topological polar surface area (TPSA) is 118 Å². The Morgan fingerprint density at radius 2 is 1.97 bits per heavy atom. The first-order chi connectivity index (χ1) is 14.7. The highest BCUT2D eigenvalue weighted by molar-refractivity contribution is 7.92. The summed E-state index contributed by atoms with van der Waals surface area (Å²) in [5.74, 6) is -4.47. The van der Waals surface area contributed by atoms with Crippen LogP contribution in [0.25, 0.3) is 11.0 Å². The molecule has 11 heteroatoms. The summed E-state index contributed by atoms with van der Waals surface area (Å²) < 4.78 is 60.2. The van der Waals surface area contributed by atoms with Crippen LogP contribution in [0.15, 0.2) is 30.6 Å². The second kappa shape index (κ2) is 8.80. The van der Waals surface area contributed by atoms with E-state index in [9.17, 15) is 26.8 Å². The van der Waals surface area contributed by atoms with Crippen LogP contribution in [0.2, 0.25) is 0 Å². The summed E-state index contributed by atoms with van der Waals surface area (Å²) in [6, 6.07) is 3.04. The highest BCUT2D eigenvalue weighted by Gasteiger charge is 2.26. The molecule has 2 aromatic heterocycles. The van der Waals surface area contributed by atoms with Crippen LogP contribution in [0, 0.1) is 11.6 Å². The summed E-state index contributed by atoms with van der Waals surface area (Å²) in [4.78, 5) is 31.7. The second-order valence-corrected chi connectivity index (χ2v) is 8.42. The molecule has 164 valence electrons. The number of pyridine rings is 1. The van der Waals surface area contributed by atoms with Crippen molar-refractivity contribution in [2.45, 2.75) is 20.3 Å². The number of halogens is 2. The molecule has 2 heterocycles. The normalized spacial score (nSPS) is 11.5. The zero-order chi connectivity index (χ0) is 22.8. The van der Waals surface area contributed by atoms with E-state index in [0.717, 1.165) is 12.1 Å². The zero-order valence-electron chi connectivity index (χ0n) is 16.7. The molecule has 0 radical (unpaired) electrons. The molecular weight excluding hydrogens is 432 g/mol. The van der Waals surface area contributed by atoms with E-state index in [1.165, 1.54) is 18.5 Å². The molecule has 0 aliphatic rings. The Balaban J connectivity index is 2.07. The number of nitrogens with one attached hydrogen (secondary N) is 2. The molecule has 0 fully saturated rings. The van der Waals surface area contributed by atoms with Gasteiger partial charge in [-0.05, 0) is 31.5 Å². The Bertz CT molecular complexity index is 1270. The molecule has 2 N–H and O–H groups in total. The van der Waals surface area contributed by atoms with Crippen molar-refractivity contribution in [1.82, 2.24) is 9.97 Å². The number of benzene rings is 1. The Labute approximate surface area is 176 Å². The average molecular weight is 451 g/mol. The summed E-state index contributed by atoms with van der Waals surface area (Å²) in [6.07, 6.45) is 2.74. The van der Waals surface area contributed by atoms with Gasteiger partial charge in [-0.25, -0.2) is 27.0 Å². The maximum atomic E-state index is 15.0. The minimum atomic E-state index is -3.86. The van der Waals surface area contributed by atoms with Gasteiger partial charge in [-0.1, -0.05) is 6.92 Å². The van der Waals surface area contributed by atoms with E-state index < -0.39 is 44.7 Å². The van der Waals surface area contributed by atoms with Crippen molar-refractivity contribution in [3.8, 4) is 0 Å². The quantitative estimate of drug-likeness (QED) is 0.400. The number of hydrogen-bond acceptors (Lipinski definition) is 6. The van der Waals surface area contributed by atoms with Crippen molar-refractivity contribution in [2.75, 3.05) is 17.1 Å². The lowest BCUT2D eigenvalue weighted by Crippen LogP contribution is -2.18. The number of H-pyrrole nitrogens is 1. The van der Waals surface area contributed by atoms with E-state index >= 15 is 0 Å². The van der Waals surface area contributed by atoms with Crippen LogP contribution in [-0.2, 0) is 14.8 Å². The number of nitrogens with zero attached hydrogens (tertiary/aromatic N) is 1. The zero-order valence-corrected chi connectivity index (χ0v) is 17.5. The monoisotopic (exact) mass is 451 g/mol. The molecule has 0 aliphatic carbocycles. The van der Waals surface area contributed by atoms with Gasteiger partial charge in [0.05, 0.1) is 29.2 Å². The Morgan fingerprint density at radius 1 is 1.23 bits per heavy atom. The van der Waals surface area contributed by atoms with Crippen molar-refractivity contribution in [3.05, 3.63) is 58.9 Å². The molecule has 0 amide bonds. The first-order valence-corrected chi connectivity index (χ1v) is 11.0. The number of aromatic amines is 1. The number of aromatic nitrogens is 2. The largest absolute Gasteiger partial charge is 0.462 e. The minimum Gasteiger partial charge on any atom is -0.462 e. The third kappa shape index (κ3) is 4.55. The molecule has 0 saturated heterocycles. The molecule has 0 atom stereocenters. The highest BCUT2D eigenvalue weighted by Crippen LogP contribution is 2.28. The lowest BCUT2D eigenvalue weighted by Gasteiger charge is -2.11. The number of carbonyl (C=O) groups excluding carboxylic acids is 2. The molecule has 0 aliphatic heterocycles.